The molecule has 0 aliphatic heterocycles. The maximum Gasteiger partial charge on any atom is 0.128 e. The highest BCUT2D eigenvalue weighted by Gasteiger charge is 1.99. The molecule has 2 aromatic carbocycles. The standard InChI is InChI=1S/C16H18FNO/c1-13-6-8-15(9-7-13)18-10-11-19-12-14-4-2-3-5-16(14)17/h2-9,18H,10-12H2,1H3. The molecule has 0 aliphatic carbocycles. The van der Waals surface area contributed by atoms with E-state index in [0.717, 1.165) is 5.69 Å². The smallest absolute Gasteiger partial charge is 0.128 e. The average Bonchev–Trinajstić information content (AvgIpc) is 2.42. The molecule has 0 bridgehead atoms. The number of rotatable bonds is 6. The van der Waals surface area contributed by atoms with Crippen molar-refractivity contribution in [2.24, 2.45) is 0 Å². The number of anilines is 1. The van der Waals surface area contributed by atoms with Crippen molar-refractivity contribution in [3.8, 4) is 0 Å². The number of ether oxygens (including phenoxy) is 1. The fourth-order valence-corrected chi connectivity index (χ4v) is 1.74. The second kappa shape index (κ2) is 6.90. The van der Waals surface area contributed by atoms with Crippen LogP contribution < -0.4 is 5.32 Å². The molecule has 0 fully saturated rings. The van der Waals surface area contributed by atoms with Crippen molar-refractivity contribution in [3.63, 3.8) is 0 Å². The molecule has 100 valence electrons. The van der Waals surface area contributed by atoms with Gasteiger partial charge in [-0.1, -0.05) is 35.9 Å². The van der Waals surface area contributed by atoms with Crippen molar-refractivity contribution >= 4 is 5.69 Å². The number of hydrogen-bond acceptors (Lipinski definition) is 2. The van der Waals surface area contributed by atoms with Crippen LogP contribution in [0.5, 0.6) is 0 Å². The monoisotopic (exact) mass is 259 g/mol. The van der Waals surface area contributed by atoms with E-state index in [0.29, 0.717) is 25.3 Å². The first-order valence-corrected chi connectivity index (χ1v) is 6.37. The summed E-state index contributed by atoms with van der Waals surface area (Å²) in [4.78, 5) is 0. The maximum absolute atomic E-state index is 13.3. The molecule has 0 atom stereocenters. The van der Waals surface area contributed by atoms with E-state index in [2.05, 4.69) is 24.4 Å². The van der Waals surface area contributed by atoms with Gasteiger partial charge in [0.05, 0.1) is 13.2 Å². The Bertz CT molecular complexity index is 510. The number of halogens is 1. The molecule has 0 aromatic heterocycles. The summed E-state index contributed by atoms with van der Waals surface area (Å²) < 4.78 is 18.7. The van der Waals surface area contributed by atoms with Gasteiger partial charge in [0, 0.05) is 17.8 Å². The van der Waals surface area contributed by atoms with Crippen LogP contribution in [0.4, 0.5) is 10.1 Å². The molecular weight excluding hydrogens is 241 g/mol. The van der Waals surface area contributed by atoms with Gasteiger partial charge in [0.2, 0.25) is 0 Å². The minimum Gasteiger partial charge on any atom is -0.383 e. The Morgan fingerprint density at radius 2 is 1.79 bits per heavy atom. The molecule has 1 N–H and O–H groups in total. The molecule has 0 amide bonds. The van der Waals surface area contributed by atoms with Gasteiger partial charge in [0.1, 0.15) is 5.82 Å². The third-order valence-electron chi connectivity index (χ3n) is 2.84. The van der Waals surface area contributed by atoms with Crippen LogP contribution in [0.2, 0.25) is 0 Å². The lowest BCUT2D eigenvalue weighted by Crippen LogP contribution is -2.09. The SMILES string of the molecule is Cc1ccc(NCCOCc2ccccc2F)cc1. The minimum atomic E-state index is -0.214. The van der Waals surface area contributed by atoms with Crippen LogP contribution >= 0.6 is 0 Å². The third kappa shape index (κ3) is 4.38. The fraction of sp³-hybridized carbons (Fsp3) is 0.250. The molecular formula is C16H18FNO. The van der Waals surface area contributed by atoms with Crippen LogP contribution in [0, 0.1) is 12.7 Å². The third-order valence-corrected chi connectivity index (χ3v) is 2.84. The van der Waals surface area contributed by atoms with Crippen LogP contribution in [0.1, 0.15) is 11.1 Å². The van der Waals surface area contributed by atoms with E-state index in [4.69, 9.17) is 4.74 Å². The van der Waals surface area contributed by atoms with Crippen molar-refractivity contribution < 1.29 is 9.13 Å². The Morgan fingerprint density at radius 3 is 2.53 bits per heavy atom. The summed E-state index contributed by atoms with van der Waals surface area (Å²) in [5.41, 5.74) is 2.90. The van der Waals surface area contributed by atoms with Gasteiger partial charge in [-0.25, -0.2) is 4.39 Å². The lowest BCUT2D eigenvalue weighted by Gasteiger charge is -2.08. The Kier molecular flexibility index (Phi) is 4.93. The van der Waals surface area contributed by atoms with E-state index in [1.54, 1.807) is 12.1 Å². The Labute approximate surface area is 113 Å². The molecule has 0 heterocycles. The zero-order valence-corrected chi connectivity index (χ0v) is 11.0. The molecule has 0 saturated heterocycles. The molecule has 0 unspecified atom stereocenters. The van der Waals surface area contributed by atoms with Crippen molar-refractivity contribution in [1.82, 2.24) is 0 Å². The molecule has 0 aliphatic rings. The van der Waals surface area contributed by atoms with Gasteiger partial charge in [-0.15, -0.1) is 0 Å². The molecule has 2 nitrogen and oxygen atoms in total. The summed E-state index contributed by atoms with van der Waals surface area (Å²) in [6, 6.07) is 14.9. The topological polar surface area (TPSA) is 21.3 Å². The van der Waals surface area contributed by atoms with E-state index in [1.807, 2.05) is 18.2 Å². The fourth-order valence-electron chi connectivity index (χ4n) is 1.74. The van der Waals surface area contributed by atoms with Gasteiger partial charge in [-0.2, -0.15) is 0 Å². The maximum atomic E-state index is 13.3. The Morgan fingerprint density at radius 1 is 1.05 bits per heavy atom. The van der Waals surface area contributed by atoms with Crippen molar-refractivity contribution in [2.45, 2.75) is 13.5 Å². The van der Waals surface area contributed by atoms with Gasteiger partial charge >= 0.3 is 0 Å². The predicted octanol–water partition coefficient (Wildman–Crippen LogP) is 3.76. The van der Waals surface area contributed by atoms with Crippen LogP contribution in [0.25, 0.3) is 0 Å². The van der Waals surface area contributed by atoms with Gasteiger partial charge in [-0.3, -0.25) is 0 Å². The lowest BCUT2D eigenvalue weighted by molar-refractivity contribution is 0.128. The zero-order valence-electron chi connectivity index (χ0n) is 11.0. The zero-order chi connectivity index (χ0) is 13.5. The van der Waals surface area contributed by atoms with Crippen LogP contribution in [-0.4, -0.2) is 13.2 Å². The highest BCUT2D eigenvalue weighted by Crippen LogP contribution is 2.09. The highest BCUT2D eigenvalue weighted by atomic mass is 19.1. The van der Waals surface area contributed by atoms with E-state index in [9.17, 15) is 4.39 Å². The first-order valence-electron chi connectivity index (χ1n) is 6.37. The molecule has 0 saturated carbocycles. The lowest BCUT2D eigenvalue weighted by atomic mass is 10.2. The van der Waals surface area contributed by atoms with Gasteiger partial charge < -0.3 is 10.1 Å². The first-order chi connectivity index (χ1) is 9.25. The van der Waals surface area contributed by atoms with Crippen molar-refractivity contribution in [2.75, 3.05) is 18.5 Å². The molecule has 0 radical (unpaired) electrons. The molecule has 0 spiro atoms. The Hall–Kier alpha value is -1.87. The average molecular weight is 259 g/mol. The van der Waals surface area contributed by atoms with E-state index in [1.165, 1.54) is 11.6 Å². The van der Waals surface area contributed by atoms with Crippen LogP contribution in [0.15, 0.2) is 48.5 Å². The second-order valence-electron chi connectivity index (χ2n) is 4.44. The summed E-state index contributed by atoms with van der Waals surface area (Å²) in [5.74, 6) is -0.214. The number of nitrogens with one attached hydrogen (secondary N) is 1. The summed E-state index contributed by atoms with van der Waals surface area (Å²) in [6.45, 7) is 3.61. The second-order valence-corrected chi connectivity index (χ2v) is 4.44. The van der Waals surface area contributed by atoms with Gasteiger partial charge in [0.25, 0.3) is 0 Å². The van der Waals surface area contributed by atoms with Crippen LogP contribution in [0.3, 0.4) is 0 Å². The normalized spacial score (nSPS) is 10.4. The quantitative estimate of drug-likeness (QED) is 0.797. The molecule has 2 rings (SSSR count). The highest BCUT2D eigenvalue weighted by molar-refractivity contribution is 5.44. The number of aryl methyl sites for hydroxylation is 1. The van der Waals surface area contributed by atoms with Gasteiger partial charge in [0.15, 0.2) is 0 Å². The number of hydrogen-bond donors (Lipinski definition) is 1. The first kappa shape index (κ1) is 13.6. The Balaban J connectivity index is 1.67. The summed E-state index contributed by atoms with van der Waals surface area (Å²) in [6.07, 6.45) is 0. The van der Waals surface area contributed by atoms with Crippen LogP contribution in [-0.2, 0) is 11.3 Å². The molecule has 2 aromatic rings. The predicted molar refractivity (Wildman–Crippen MR) is 75.7 cm³/mol. The summed E-state index contributed by atoms with van der Waals surface area (Å²) >= 11 is 0. The van der Waals surface area contributed by atoms with Crippen molar-refractivity contribution in [1.29, 1.82) is 0 Å². The largest absolute Gasteiger partial charge is 0.383 e. The number of benzene rings is 2. The van der Waals surface area contributed by atoms with E-state index < -0.39 is 0 Å². The van der Waals surface area contributed by atoms with Gasteiger partial charge in [-0.05, 0) is 25.1 Å². The van der Waals surface area contributed by atoms with E-state index in [-0.39, 0.29) is 5.82 Å². The molecule has 3 heteroatoms. The summed E-state index contributed by atoms with van der Waals surface area (Å²) in [7, 11) is 0. The minimum absolute atomic E-state index is 0.214. The van der Waals surface area contributed by atoms with Crippen molar-refractivity contribution in [3.05, 3.63) is 65.5 Å². The van der Waals surface area contributed by atoms with E-state index >= 15 is 0 Å². The molecule has 19 heavy (non-hydrogen) atoms. The summed E-state index contributed by atoms with van der Waals surface area (Å²) in [5, 5.41) is 3.25.